The highest BCUT2D eigenvalue weighted by Gasteiger charge is 2.14. The quantitative estimate of drug-likeness (QED) is 0.827. The van der Waals surface area contributed by atoms with Crippen molar-refractivity contribution in [1.82, 2.24) is 0 Å². The van der Waals surface area contributed by atoms with Crippen LogP contribution in [0.4, 0.5) is 11.4 Å². The van der Waals surface area contributed by atoms with Gasteiger partial charge in [0.15, 0.2) is 0 Å². The molecule has 0 unspecified atom stereocenters. The lowest BCUT2D eigenvalue weighted by Gasteiger charge is -2.15. The Bertz CT molecular complexity index is 646. The summed E-state index contributed by atoms with van der Waals surface area (Å²) in [5.74, 6) is -0.212. The third kappa shape index (κ3) is 3.37. The second-order valence-corrected chi connectivity index (χ2v) is 5.26. The Hall–Kier alpha value is -2.00. The van der Waals surface area contributed by atoms with E-state index in [2.05, 4.69) is 19.2 Å². The first-order valence-electron chi connectivity index (χ1n) is 7.04. The molecule has 0 aliphatic heterocycles. The number of amides is 1. The first-order valence-corrected chi connectivity index (χ1v) is 7.41. The number of anilines is 2. The third-order valence-corrected chi connectivity index (χ3v) is 3.79. The number of aryl methyl sites for hydroxylation is 2. The molecular formula is C17H19ClN2O. The standard InChI is InChI=1S/C17H19ClN2O/c1-3-11-6-5-7-12(4-2)16(11)20-17(21)14-9-8-13(19)10-15(14)18/h5-10H,3-4,19H2,1-2H3,(H,20,21). The molecule has 4 heteroatoms. The van der Waals surface area contributed by atoms with Crippen LogP contribution in [0.25, 0.3) is 0 Å². The lowest BCUT2D eigenvalue weighted by atomic mass is 10.0. The van der Waals surface area contributed by atoms with Gasteiger partial charge in [0.1, 0.15) is 0 Å². The fourth-order valence-electron chi connectivity index (χ4n) is 2.30. The van der Waals surface area contributed by atoms with Crippen LogP contribution < -0.4 is 11.1 Å². The molecule has 0 atom stereocenters. The molecular weight excluding hydrogens is 284 g/mol. The highest BCUT2D eigenvalue weighted by Crippen LogP contribution is 2.25. The molecule has 0 radical (unpaired) electrons. The van der Waals surface area contributed by atoms with Crippen molar-refractivity contribution in [3.63, 3.8) is 0 Å². The van der Waals surface area contributed by atoms with Crippen LogP contribution in [0.15, 0.2) is 36.4 Å². The number of halogens is 1. The Morgan fingerprint density at radius 3 is 2.29 bits per heavy atom. The number of carbonyl (C=O) groups is 1. The molecule has 0 aliphatic carbocycles. The van der Waals surface area contributed by atoms with Crippen LogP contribution in [0.2, 0.25) is 5.02 Å². The lowest BCUT2D eigenvalue weighted by Crippen LogP contribution is -2.15. The number of benzene rings is 2. The van der Waals surface area contributed by atoms with Gasteiger partial charge >= 0.3 is 0 Å². The maximum absolute atomic E-state index is 12.4. The summed E-state index contributed by atoms with van der Waals surface area (Å²) in [6.07, 6.45) is 1.72. The van der Waals surface area contributed by atoms with E-state index in [4.69, 9.17) is 17.3 Å². The van der Waals surface area contributed by atoms with Gasteiger partial charge in [-0.1, -0.05) is 43.6 Å². The molecule has 0 aromatic heterocycles. The van der Waals surface area contributed by atoms with E-state index in [9.17, 15) is 4.79 Å². The van der Waals surface area contributed by atoms with E-state index in [-0.39, 0.29) is 5.91 Å². The molecule has 0 fully saturated rings. The smallest absolute Gasteiger partial charge is 0.257 e. The maximum atomic E-state index is 12.4. The molecule has 21 heavy (non-hydrogen) atoms. The molecule has 0 saturated heterocycles. The molecule has 0 bridgehead atoms. The molecule has 0 aliphatic rings. The van der Waals surface area contributed by atoms with E-state index in [1.807, 2.05) is 18.2 Å². The van der Waals surface area contributed by atoms with Crippen LogP contribution >= 0.6 is 11.6 Å². The van der Waals surface area contributed by atoms with Crippen molar-refractivity contribution in [2.24, 2.45) is 0 Å². The minimum atomic E-state index is -0.212. The normalized spacial score (nSPS) is 10.4. The summed E-state index contributed by atoms with van der Waals surface area (Å²) < 4.78 is 0. The number of nitrogens with one attached hydrogen (secondary N) is 1. The van der Waals surface area contributed by atoms with Crippen LogP contribution in [0.3, 0.4) is 0 Å². The number of para-hydroxylation sites is 1. The van der Waals surface area contributed by atoms with Crippen LogP contribution in [0.5, 0.6) is 0 Å². The van der Waals surface area contributed by atoms with E-state index in [0.717, 1.165) is 29.7 Å². The molecule has 3 nitrogen and oxygen atoms in total. The fourth-order valence-corrected chi connectivity index (χ4v) is 2.57. The van der Waals surface area contributed by atoms with Gasteiger partial charge in [0, 0.05) is 11.4 Å². The van der Waals surface area contributed by atoms with E-state index in [1.54, 1.807) is 18.2 Å². The number of nitrogens with two attached hydrogens (primary N) is 1. The van der Waals surface area contributed by atoms with Crippen LogP contribution in [-0.4, -0.2) is 5.91 Å². The summed E-state index contributed by atoms with van der Waals surface area (Å²) in [6, 6.07) is 11.0. The van der Waals surface area contributed by atoms with Gasteiger partial charge in [-0.15, -0.1) is 0 Å². The number of rotatable bonds is 4. The largest absolute Gasteiger partial charge is 0.399 e. The molecule has 110 valence electrons. The summed E-state index contributed by atoms with van der Waals surface area (Å²) in [5.41, 5.74) is 9.75. The molecule has 3 N–H and O–H groups in total. The maximum Gasteiger partial charge on any atom is 0.257 e. The van der Waals surface area contributed by atoms with E-state index in [1.165, 1.54) is 0 Å². The Morgan fingerprint density at radius 1 is 1.14 bits per heavy atom. The molecule has 1 amide bonds. The lowest BCUT2D eigenvalue weighted by molar-refractivity contribution is 0.102. The average Bonchev–Trinajstić information content (AvgIpc) is 2.47. The molecule has 2 aromatic rings. The van der Waals surface area contributed by atoms with Gasteiger partial charge in [-0.05, 0) is 42.2 Å². The summed E-state index contributed by atoms with van der Waals surface area (Å²) in [7, 11) is 0. The van der Waals surface area contributed by atoms with Gasteiger partial charge in [-0.2, -0.15) is 0 Å². The highest BCUT2D eigenvalue weighted by molar-refractivity contribution is 6.34. The predicted octanol–water partition coefficient (Wildman–Crippen LogP) is 4.30. The Balaban J connectivity index is 2.35. The number of carbonyl (C=O) groups excluding carboxylic acids is 1. The predicted molar refractivity (Wildman–Crippen MR) is 89.0 cm³/mol. The number of hydrogen-bond acceptors (Lipinski definition) is 2. The van der Waals surface area contributed by atoms with Gasteiger partial charge in [0.25, 0.3) is 5.91 Å². The molecule has 0 heterocycles. The second-order valence-electron chi connectivity index (χ2n) is 4.85. The van der Waals surface area contributed by atoms with Crippen molar-refractivity contribution < 1.29 is 4.79 Å². The zero-order chi connectivity index (χ0) is 15.4. The van der Waals surface area contributed by atoms with Crippen LogP contribution in [0, 0.1) is 0 Å². The number of hydrogen-bond donors (Lipinski definition) is 2. The summed E-state index contributed by atoms with van der Waals surface area (Å²) >= 11 is 6.10. The van der Waals surface area contributed by atoms with Gasteiger partial charge in [0.2, 0.25) is 0 Å². The van der Waals surface area contributed by atoms with E-state index < -0.39 is 0 Å². The van der Waals surface area contributed by atoms with E-state index in [0.29, 0.717) is 16.3 Å². The summed E-state index contributed by atoms with van der Waals surface area (Å²) in [5, 5.41) is 3.35. The SMILES string of the molecule is CCc1cccc(CC)c1NC(=O)c1ccc(N)cc1Cl. The van der Waals surface area contributed by atoms with Crippen molar-refractivity contribution in [3.05, 3.63) is 58.1 Å². The molecule has 0 saturated carbocycles. The van der Waals surface area contributed by atoms with E-state index >= 15 is 0 Å². The highest BCUT2D eigenvalue weighted by atomic mass is 35.5. The van der Waals surface area contributed by atoms with Crippen molar-refractivity contribution >= 4 is 28.9 Å². The Morgan fingerprint density at radius 2 is 1.76 bits per heavy atom. The minimum Gasteiger partial charge on any atom is -0.399 e. The zero-order valence-corrected chi connectivity index (χ0v) is 13.0. The zero-order valence-electron chi connectivity index (χ0n) is 12.2. The van der Waals surface area contributed by atoms with Crippen LogP contribution in [-0.2, 0) is 12.8 Å². The van der Waals surface area contributed by atoms with Gasteiger partial charge in [-0.3, -0.25) is 4.79 Å². The van der Waals surface area contributed by atoms with Crippen molar-refractivity contribution in [1.29, 1.82) is 0 Å². The van der Waals surface area contributed by atoms with Gasteiger partial charge < -0.3 is 11.1 Å². The van der Waals surface area contributed by atoms with Gasteiger partial charge in [-0.25, -0.2) is 0 Å². The minimum absolute atomic E-state index is 0.212. The number of nitrogen functional groups attached to an aromatic ring is 1. The second kappa shape index (κ2) is 6.64. The topological polar surface area (TPSA) is 55.1 Å². The Labute approximate surface area is 130 Å². The molecule has 2 rings (SSSR count). The van der Waals surface area contributed by atoms with Crippen LogP contribution in [0.1, 0.15) is 35.3 Å². The molecule has 2 aromatic carbocycles. The average molecular weight is 303 g/mol. The fraction of sp³-hybridized carbons (Fsp3) is 0.235. The summed E-state index contributed by atoms with van der Waals surface area (Å²) in [4.78, 5) is 12.4. The summed E-state index contributed by atoms with van der Waals surface area (Å²) in [6.45, 7) is 4.14. The van der Waals surface area contributed by atoms with Crippen molar-refractivity contribution in [2.45, 2.75) is 26.7 Å². The third-order valence-electron chi connectivity index (χ3n) is 3.48. The first kappa shape index (κ1) is 15.4. The molecule has 0 spiro atoms. The first-order chi connectivity index (χ1) is 10.1. The monoisotopic (exact) mass is 302 g/mol. The van der Waals surface area contributed by atoms with Gasteiger partial charge in [0.05, 0.1) is 10.6 Å². The van der Waals surface area contributed by atoms with Crippen molar-refractivity contribution in [2.75, 3.05) is 11.1 Å². The van der Waals surface area contributed by atoms with Crippen molar-refractivity contribution in [3.8, 4) is 0 Å². The Kier molecular flexibility index (Phi) is 4.86.